The molecule has 0 fully saturated rings. The van der Waals surface area contributed by atoms with Crippen LogP contribution in [0.3, 0.4) is 0 Å². The molecule has 1 aromatic carbocycles. The van der Waals surface area contributed by atoms with Crippen molar-refractivity contribution in [3.63, 3.8) is 0 Å². The van der Waals surface area contributed by atoms with Crippen LogP contribution < -0.4 is 11.2 Å². The third kappa shape index (κ3) is 3.09. The number of ether oxygens (including phenoxy) is 1. The summed E-state index contributed by atoms with van der Waals surface area (Å²) in [6.45, 7) is 1.20. The summed E-state index contributed by atoms with van der Waals surface area (Å²) in [5.74, 6) is 0. The van der Waals surface area contributed by atoms with Crippen molar-refractivity contribution >= 4 is 34.1 Å². The van der Waals surface area contributed by atoms with Crippen LogP contribution in [0.5, 0.6) is 0 Å². The van der Waals surface area contributed by atoms with Gasteiger partial charge in [-0.05, 0) is 24.6 Å². The molecule has 0 bridgehead atoms. The number of hydrogen-bond acceptors (Lipinski definition) is 3. The molecule has 0 saturated carbocycles. The van der Waals surface area contributed by atoms with Crippen LogP contribution >= 0.6 is 23.2 Å². The average molecular weight is 396 g/mol. The van der Waals surface area contributed by atoms with Crippen molar-refractivity contribution in [3.8, 4) is 11.3 Å². The number of nitrogens with zero attached hydrogens (tertiary/aromatic N) is 3. The number of hydrogen-bond donors (Lipinski definition) is 0. The predicted molar refractivity (Wildman–Crippen MR) is 104 cm³/mol. The topological polar surface area (TPSA) is 58.2 Å². The first-order valence-electron chi connectivity index (χ1n) is 8.10. The Morgan fingerprint density at radius 3 is 2.50 bits per heavy atom. The number of aromatic nitrogens is 3. The van der Waals surface area contributed by atoms with Gasteiger partial charge in [-0.3, -0.25) is 13.9 Å². The summed E-state index contributed by atoms with van der Waals surface area (Å²) in [5.41, 5.74) is 1.21. The molecule has 0 aliphatic carbocycles. The van der Waals surface area contributed by atoms with Crippen molar-refractivity contribution in [2.75, 3.05) is 13.7 Å². The number of aryl methyl sites for hydroxylation is 2. The van der Waals surface area contributed by atoms with Crippen molar-refractivity contribution < 1.29 is 4.74 Å². The molecule has 0 saturated heterocycles. The molecule has 0 amide bonds. The second kappa shape index (κ2) is 7.31. The Labute approximate surface area is 160 Å². The largest absolute Gasteiger partial charge is 0.385 e. The molecule has 0 aliphatic rings. The minimum atomic E-state index is -0.370. The van der Waals surface area contributed by atoms with Crippen LogP contribution in [0, 0.1) is 0 Å². The summed E-state index contributed by atoms with van der Waals surface area (Å²) in [6.07, 6.45) is 2.57. The number of fused-ring (bicyclic) bond motifs is 1. The molecule has 6 nitrogen and oxygen atoms in total. The Morgan fingerprint density at radius 1 is 1.12 bits per heavy atom. The van der Waals surface area contributed by atoms with E-state index in [0.717, 1.165) is 11.0 Å². The van der Waals surface area contributed by atoms with Crippen LogP contribution in [-0.4, -0.2) is 27.4 Å². The van der Waals surface area contributed by atoms with Gasteiger partial charge in [-0.2, -0.15) is 0 Å². The van der Waals surface area contributed by atoms with Crippen molar-refractivity contribution in [1.29, 1.82) is 0 Å². The molecule has 3 rings (SSSR count). The molecule has 2 heterocycles. The van der Waals surface area contributed by atoms with Crippen LogP contribution in [0.1, 0.15) is 6.42 Å². The van der Waals surface area contributed by atoms with Gasteiger partial charge >= 0.3 is 5.69 Å². The second-order valence-corrected chi connectivity index (χ2v) is 6.95. The molecular weight excluding hydrogens is 377 g/mol. The summed E-state index contributed by atoms with van der Waals surface area (Å²) in [4.78, 5) is 25.1. The van der Waals surface area contributed by atoms with E-state index in [-0.39, 0.29) is 11.2 Å². The first-order valence-corrected chi connectivity index (χ1v) is 8.85. The molecule has 138 valence electrons. The van der Waals surface area contributed by atoms with Gasteiger partial charge in [-0.15, -0.1) is 0 Å². The first kappa shape index (κ1) is 18.8. The Kier molecular flexibility index (Phi) is 5.27. The molecule has 0 aliphatic heterocycles. The summed E-state index contributed by atoms with van der Waals surface area (Å²) < 4.78 is 9.65. The van der Waals surface area contributed by atoms with E-state index in [2.05, 4.69) is 0 Å². The van der Waals surface area contributed by atoms with Crippen LogP contribution in [0.2, 0.25) is 10.0 Å². The van der Waals surface area contributed by atoms with E-state index < -0.39 is 0 Å². The van der Waals surface area contributed by atoms with Crippen molar-refractivity contribution in [3.05, 3.63) is 55.3 Å². The lowest BCUT2D eigenvalue weighted by molar-refractivity contribution is 0.190. The van der Waals surface area contributed by atoms with Gasteiger partial charge in [0.15, 0.2) is 0 Å². The van der Waals surface area contributed by atoms with E-state index in [1.54, 1.807) is 32.4 Å². The molecule has 0 atom stereocenters. The van der Waals surface area contributed by atoms with Crippen molar-refractivity contribution in [2.24, 2.45) is 14.1 Å². The molecule has 0 radical (unpaired) electrons. The van der Waals surface area contributed by atoms with Gasteiger partial charge in [0.25, 0.3) is 5.56 Å². The third-order valence-corrected chi connectivity index (χ3v) is 4.99. The second-order valence-electron chi connectivity index (χ2n) is 6.11. The summed E-state index contributed by atoms with van der Waals surface area (Å²) in [7, 11) is 4.76. The van der Waals surface area contributed by atoms with Gasteiger partial charge < -0.3 is 9.30 Å². The predicted octanol–water partition coefficient (Wildman–Crippen LogP) is 3.05. The minimum absolute atomic E-state index is 0.352. The highest BCUT2D eigenvalue weighted by Crippen LogP contribution is 2.34. The van der Waals surface area contributed by atoms with E-state index in [1.165, 1.54) is 11.6 Å². The van der Waals surface area contributed by atoms with E-state index in [4.69, 9.17) is 27.9 Å². The normalized spacial score (nSPS) is 11.4. The quantitative estimate of drug-likeness (QED) is 0.623. The maximum atomic E-state index is 12.9. The lowest BCUT2D eigenvalue weighted by atomic mass is 10.1. The van der Waals surface area contributed by atoms with Gasteiger partial charge in [0.1, 0.15) is 0 Å². The standard InChI is InChI=1S/C18H19Cl2N3O3/c1-21-14-10-23(7-4-8-26-3)16(12-6-5-11(19)9-13(12)20)15(14)17(24)22(2)18(21)25/h5-6,9-10H,4,7-8H2,1-3H3. The number of methoxy groups -OCH3 is 1. The number of rotatable bonds is 5. The molecule has 2 aromatic heterocycles. The summed E-state index contributed by atoms with van der Waals surface area (Å²) >= 11 is 12.4. The molecule has 0 N–H and O–H groups in total. The fourth-order valence-electron chi connectivity index (χ4n) is 3.12. The van der Waals surface area contributed by atoms with Crippen LogP contribution in [0.15, 0.2) is 34.0 Å². The third-order valence-electron chi connectivity index (χ3n) is 4.45. The highest BCUT2D eigenvalue weighted by atomic mass is 35.5. The van der Waals surface area contributed by atoms with Crippen LogP contribution in [0.25, 0.3) is 22.2 Å². The molecule has 26 heavy (non-hydrogen) atoms. The number of benzene rings is 1. The van der Waals surface area contributed by atoms with Gasteiger partial charge in [0.05, 0.1) is 21.6 Å². The Balaban J connectivity index is 2.38. The highest BCUT2D eigenvalue weighted by Gasteiger charge is 2.20. The maximum absolute atomic E-state index is 12.9. The maximum Gasteiger partial charge on any atom is 0.330 e. The Morgan fingerprint density at radius 2 is 1.85 bits per heavy atom. The smallest absolute Gasteiger partial charge is 0.330 e. The van der Waals surface area contributed by atoms with Gasteiger partial charge in [-0.1, -0.05) is 23.2 Å². The van der Waals surface area contributed by atoms with E-state index in [9.17, 15) is 9.59 Å². The Bertz CT molecular complexity index is 1100. The van der Waals surface area contributed by atoms with Crippen molar-refractivity contribution in [2.45, 2.75) is 13.0 Å². The summed E-state index contributed by atoms with van der Waals surface area (Å²) in [5, 5.41) is 1.42. The zero-order valence-corrected chi connectivity index (χ0v) is 16.3. The monoisotopic (exact) mass is 395 g/mol. The van der Waals surface area contributed by atoms with Crippen LogP contribution in [-0.2, 0) is 25.4 Å². The Hall–Kier alpha value is -2.02. The minimum Gasteiger partial charge on any atom is -0.385 e. The lowest BCUT2D eigenvalue weighted by Crippen LogP contribution is -2.36. The fourth-order valence-corrected chi connectivity index (χ4v) is 3.61. The molecular formula is C18H19Cl2N3O3. The van der Waals surface area contributed by atoms with E-state index >= 15 is 0 Å². The van der Waals surface area contributed by atoms with Crippen molar-refractivity contribution in [1.82, 2.24) is 13.7 Å². The molecule has 0 spiro atoms. The summed E-state index contributed by atoms with van der Waals surface area (Å²) in [6, 6.07) is 5.16. The van der Waals surface area contributed by atoms with Gasteiger partial charge in [-0.25, -0.2) is 4.79 Å². The van der Waals surface area contributed by atoms with E-state index in [1.807, 2.05) is 10.8 Å². The van der Waals surface area contributed by atoms with E-state index in [0.29, 0.717) is 45.4 Å². The zero-order chi connectivity index (χ0) is 19.0. The van der Waals surface area contributed by atoms with Gasteiger partial charge in [0, 0.05) is 51.1 Å². The SMILES string of the molecule is COCCCn1cc2c(c1-c1ccc(Cl)cc1Cl)c(=O)n(C)c(=O)n2C. The van der Waals surface area contributed by atoms with Crippen LogP contribution in [0.4, 0.5) is 0 Å². The zero-order valence-electron chi connectivity index (χ0n) is 14.8. The fraction of sp³-hybridized carbons (Fsp3) is 0.333. The first-order chi connectivity index (χ1) is 12.4. The van der Waals surface area contributed by atoms with Gasteiger partial charge in [0.2, 0.25) is 0 Å². The average Bonchev–Trinajstić information content (AvgIpc) is 2.98. The molecule has 8 heteroatoms. The lowest BCUT2D eigenvalue weighted by Gasteiger charge is -2.11. The number of halogens is 2. The highest BCUT2D eigenvalue weighted by molar-refractivity contribution is 6.36. The molecule has 3 aromatic rings. The molecule has 0 unspecified atom stereocenters.